The van der Waals surface area contributed by atoms with Gasteiger partial charge in [-0.3, -0.25) is 0 Å². The van der Waals surface area contributed by atoms with Crippen LogP contribution in [0.4, 0.5) is 17.5 Å². The highest BCUT2D eigenvalue weighted by molar-refractivity contribution is 5.52. The van der Waals surface area contributed by atoms with Gasteiger partial charge in [0, 0.05) is 56.7 Å². The number of rotatable bonds is 3. The summed E-state index contributed by atoms with van der Waals surface area (Å²) in [5.41, 5.74) is 6.52. The van der Waals surface area contributed by atoms with Crippen molar-refractivity contribution in [1.82, 2.24) is 9.97 Å². The second-order valence-electron chi connectivity index (χ2n) is 8.42. The molecule has 1 aromatic heterocycles. The minimum Gasteiger partial charge on any atom is -0.368 e. The van der Waals surface area contributed by atoms with Crippen LogP contribution in [0.25, 0.3) is 0 Å². The predicted octanol–water partition coefficient (Wildman–Crippen LogP) is 3.98. The smallest absolute Gasteiger partial charge is 0.227 e. The van der Waals surface area contributed by atoms with Crippen LogP contribution in [0.2, 0.25) is 0 Å². The Morgan fingerprint density at radius 3 is 2.27 bits per heavy atom. The maximum absolute atomic E-state index is 4.99. The summed E-state index contributed by atoms with van der Waals surface area (Å²) >= 11 is 0. The lowest BCUT2D eigenvalue weighted by Crippen LogP contribution is -2.47. The molecule has 5 heteroatoms. The molecule has 2 aliphatic heterocycles. The Morgan fingerprint density at radius 1 is 0.700 bits per heavy atom. The molecular formula is C25H29N5. The third-order valence-corrected chi connectivity index (χ3v) is 6.21. The van der Waals surface area contributed by atoms with Crippen molar-refractivity contribution in [3.8, 4) is 0 Å². The van der Waals surface area contributed by atoms with E-state index in [0.29, 0.717) is 0 Å². The number of piperazine rings is 1. The molecule has 2 aliphatic rings. The van der Waals surface area contributed by atoms with E-state index >= 15 is 0 Å². The second-order valence-corrected chi connectivity index (χ2v) is 8.42. The van der Waals surface area contributed by atoms with Gasteiger partial charge in [0.15, 0.2) is 0 Å². The number of fused-ring (bicyclic) bond motifs is 1. The van der Waals surface area contributed by atoms with Crippen LogP contribution in [-0.2, 0) is 13.0 Å². The molecule has 0 amide bonds. The maximum atomic E-state index is 4.99. The van der Waals surface area contributed by atoms with E-state index in [9.17, 15) is 0 Å². The van der Waals surface area contributed by atoms with Crippen molar-refractivity contribution in [2.75, 3.05) is 47.4 Å². The van der Waals surface area contributed by atoms with Crippen LogP contribution in [0.5, 0.6) is 0 Å². The van der Waals surface area contributed by atoms with E-state index < -0.39 is 0 Å². The maximum Gasteiger partial charge on any atom is 0.227 e. The number of hydrogen-bond acceptors (Lipinski definition) is 5. The molecule has 0 N–H and O–H groups in total. The van der Waals surface area contributed by atoms with E-state index in [4.69, 9.17) is 9.97 Å². The molecule has 0 atom stereocenters. The molecule has 30 heavy (non-hydrogen) atoms. The van der Waals surface area contributed by atoms with E-state index in [1.165, 1.54) is 22.4 Å². The third-order valence-electron chi connectivity index (χ3n) is 6.21. The second kappa shape index (κ2) is 7.98. The Balaban J connectivity index is 1.31. The molecule has 5 nitrogen and oxygen atoms in total. The fraction of sp³-hybridized carbons (Fsp3) is 0.360. The number of aromatic nitrogens is 2. The molecule has 5 rings (SSSR count). The molecule has 1 saturated heterocycles. The molecule has 1 fully saturated rings. The van der Waals surface area contributed by atoms with E-state index in [2.05, 4.69) is 83.1 Å². The molecule has 0 spiro atoms. The van der Waals surface area contributed by atoms with Crippen molar-refractivity contribution in [1.29, 1.82) is 0 Å². The van der Waals surface area contributed by atoms with E-state index in [0.717, 1.165) is 63.1 Å². The Labute approximate surface area is 179 Å². The summed E-state index contributed by atoms with van der Waals surface area (Å²) in [7, 11) is 0. The number of hydrogen-bond donors (Lipinski definition) is 0. The van der Waals surface area contributed by atoms with Crippen molar-refractivity contribution in [3.05, 3.63) is 77.0 Å². The van der Waals surface area contributed by atoms with E-state index in [-0.39, 0.29) is 0 Å². The summed E-state index contributed by atoms with van der Waals surface area (Å²) in [6.07, 6.45) is 1.05. The first-order chi connectivity index (χ1) is 14.7. The van der Waals surface area contributed by atoms with Gasteiger partial charge >= 0.3 is 0 Å². The van der Waals surface area contributed by atoms with Crippen LogP contribution in [0.15, 0.2) is 54.6 Å². The quantitative estimate of drug-likeness (QED) is 0.666. The average Bonchev–Trinajstić information content (AvgIpc) is 2.78. The van der Waals surface area contributed by atoms with Gasteiger partial charge in [0.25, 0.3) is 0 Å². The lowest BCUT2D eigenvalue weighted by Gasteiger charge is -2.37. The fourth-order valence-electron chi connectivity index (χ4n) is 4.52. The van der Waals surface area contributed by atoms with Crippen LogP contribution >= 0.6 is 0 Å². The largest absolute Gasteiger partial charge is 0.368 e. The molecule has 0 saturated carbocycles. The van der Waals surface area contributed by atoms with Crippen molar-refractivity contribution in [2.45, 2.75) is 26.8 Å². The molecule has 0 unspecified atom stereocenters. The van der Waals surface area contributed by atoms with Gasteiger partial charge in [-0.05, 0) is 49.1 Å². The minimum atomic E-state index is 0.862. The Hall–Kier alpha value is -3.08. The molecule has 3 aromatic rings. The summed E-state index contributed by atoms with van der Waals surface area (Å²) < 4.78 is 0. The summed E-state index contributed by atoms with van der Waals surface area (Å²) in [6, 6.07) is 19.6. The van der Waals surface area contributed by atoms with Gasteiger partial charge in [-0.1, -0.05) is 36.4 Å². The third kappa shape index (κ3) is 3.84. The van der Waals surface area contributed by atoms with Crippen LogP contribution in [0, 0.1) is 13.8 Å². The number of anilines is 3. The molecule has 0 bridgehead atoms. The van der Waals surface area contributed by atoms with Gasteiger partial charge in [-0.25, -0.2) is 4.98 Å². The van der Waals surface area contributed by atoms with Crippen LogP contribution in [0.1, 0.15) is 22.4 Å². The first-order valence-corrected chi connectivity index (χ1v) is 10.9. The van der Waals surface area contributed by atoms with Crippen LogP contribution in [0.3, 0.4) is 0 Å². The van der Waals surface area contributed by atoms with E-state index in [1.807, 2.05) is 0 Å². The van der Waals surface area contributed by atoms with Crippen LogP contribution < -0.4 is 14.7 Å². The predicted molar refractivity (Wildman–Crippen MR) is 124 cm³/mol. The highest BCUT2D eigenvalue weighted by atomic mass is 15.3. The molecule has 154 valence electrons. The van der Waals surface area contributed by atoms with Crippen LogP contribution in [-0.4, -0.2) is 42.7 Å². The van der Waals surface area contributed by atoms with Gasteiger partial charge in [-0.2, -0.15) is 4.98 Å². The van der Waals surface area contributed by atoms with Gasteiger partial charge < -0.3 is 14.7 Å². The fourth-order valence-corrected chi connectivity index (χ4v) is 4.52. The van der Waals surface area contributed by atoms with E-state index in [1.54, 1.807) is 0 Å². The van der Waals surface area contributed by atoms with Gasteiger partial charge in [0.2, 0.25) is 5.95 Å². The Bertz CT molecular complexity index is 1040. The molecule has 3 heterocycles. The van der Waals surface area contributed by atoms with Gasteiger partial charge in [-0.15, -0.1) is 0 Å². The number of benzene rings is 2. The van der Waals surface area contributed by atoms with Crippen molar-refractivity contribution < 1.29 is 0 Å². The summed E-state index contributed by atoms with van der Waals surface area (Å²) in [5.74, 6) is 1.92. The lowest BCUT2D eigenvalue weighted by atomic mass is 10.0. The Morgan fingerprint density at radius 2 is 1.47 bits per heavy atom. The van der Waals surface area contributed by atoms with Crippen molar-refractivity contribution >= 4 is 17.5 Å². The van der Waals surface area contributed by atoms with Gasteiger partial charge in [0.05, 0.1) is 0 Å². The monoisotopic (exact) mass is 399 g/mol. The zero-order chi connectivity index (χ0) is 20.5. The molecule has 0 aliphatic carbocycles. The van der Waals surface area contributed by atoms with Crippen molar-refractivity contribution in [2.24, 2.45) is 0 Å². The summed E-state index contributed by atoms with van der Waals surface area (Å²) in [5, 5.41) is 0. The number of aryl methyl sites for hydroxylation is 2. The highest BCUT2D eigenvalue weighted by Gasteiger charge is 2.22. The first kappa shape index (κ1) is 18.9. The first-order valence-electron chi connectivity index (χ1n) is 10.9. The number of nitrogens with zero attached hydrogens (tertiary/aromatic N) is 5. The van der Waals surface area contributed by atoms with Gasteiger partial charge in [0.1, 0.15) is 5.82 Å². The summed E-state index contributed by atoms with van der Waals surface area (Å²) in [6.45, 7) is 10.1. The zero-order valence-corrected chi connectivity index (χ0v) is 17.9. The van der Waals surface area contributed by atoms with Crippen molar-refractivity contribution in [3.63, 3.8) is 0 Å². The standard InChI is InChI=1S/C25H29N5/c1-19-6-5-9-23(16-19)28-12-14-29(15-13-28)24-17-20(2)26-25(27-24)30-11-10-21-7-3-4-8-22(21)18-30/h3-9,16-17H,10-15,18H2,1-2H3. The molecule has 2 aromatic carbocycles. The zero-order valence-electron chi connectivity index (χ0n) is 17.9. The topological polar surface area (TPSA) is 35.5 Å². The molecular weight excluding hydrogens is 370 g/mol. The highest BCUT2D eigenvalue weighted by Crippen LogP contribution is 2.25. The molecule has 0 radical (unpaired) electrons. The average molecular weight is 400 g/mol. The lowest BCUT2D eigenvalue weighted by molar-refractivity contribution is 0.642. The minimum absolute atomic E-state index is 0.862. The SMILES string of the molecule is Cc1cccc(N2CCN(c3cc(C)nc(N4CCc5ccccc5C4)n3)CC2)c1. The summed E-state index contributed by atoms with van der Waals surface area (Å²) in [4.78, 5) is 17.0. The normalized spacial score (nSPS) is 16.5. The Kier molecular flexibility index (Phi) is 5.03.